The van der Waals surface area contributed by atoms with Crippen molar-refractivity contribution >= 4 is 17.6 Å². The third-order valence-electron chi connectivity index (χ3n) is 5.98. The molecule has 1 saturated carbocycles. The van der Waals surface area contributed by atoms with Gasteiger partial charge in [-0.05, 0) is 30.9 Å². The number of hydrogen-bond acceptors (Lipinski definition) is 2. The molecule has 1 saturated heterocycles. The van der Waals surface area contributed by atoms with Gasteiger partial charge >= 0.3 is 6.03 Å². The number of hydrogen-bond donors (Lipinski definition) is 1. The smallest absolute Gasteiger partial charge is 0.317 e. The van der Waals surface area contributed by atoms with Crippen molar-refractivity contribution in [1.29, 1.82) is 0 Å². The number of urea groups is 1. The number of likely N-dealkylation sites (N-methyl/N-ethyl adjacent to an activating group) is 1. The Hall–Kier alpha value is -2.04. The Kier molecular flexibility index (Phi) is 3.74. The summed E-state index contributed by atoms with van der Waals surface area (Å²) in [7, 11) is 1.83. The highest BCUT2D eigenvalue weighted by atomic mass is 16.2. The summed E-state index contributed by atoms with van der Waals surface area (Å²) in [6.07, 6.45) is 6.55. The van der Waals surface area contributed by atoms with Crippen LogP contribution in [0, 0.1) is 0 Å². The molecule has 3 aliphatic rings. The van der Waals surface area contributed by atoms with Crippen LogP contribution in [0.2, 0.25) is 0 Å². The number of para-hydroxylation sites is 1. The maximum atomic E-state index is 12.9. The van der Waals surface area contributed by atoms with Crippen molar-refractivity contribution in [2.75, 3.05) is 25.0 Å². The number of benzene rings is 1. The molecule has 5 nitrogen and oxygen atoms in total. The van der Waals surface area contributed by atoms with Gasteiger partial charge in [0.2, 0.25) is 5.91 Å². The molecular weight excluding hydrogens is 302 g/mol. The Morgan fingerprint density at radius 2 is 1.96 bits per heavy atom. The summed E-state index contributed by atoms with van der Waals surface area (Å²) in [4.78, 5) is 29.1. The zero-order valence-electron chi connectivity index (χ0n) is 14.3. The third-order valence-corrected chi connectivity index (χ3v) is 5.98. The number of fused-ring (bicyclic) bond motifs is 2. The van der Waals surface area contributed by atoms with E-state index in [1.807, 2.05) is 36.2 Å². The summed E-state index contributed by atoms with van der Waals surface area (Å²) in [6, 6.07) is 8.28. The lowest BCUT2D eigenvalue weighted by molar-refractivity contribution is -0.122. The highest BCUT2D eigenvalue weighted by molar-refractivity contribution is 6.08. The van der Waals surface area contributed by atoms with Crippen LogP contribution < -0.4 is 10.2 Å². The summed E-state index contributed by atoms with van der Waals surface area (Å²) in [5.74, 6) is 0.122. The monoisotopic (exact) mass is 327 g/mol. The first-order valence-electron chi connectivity index (χ1n) is 9.05. The molecule has 2 heterocycles. The van der Waals surface area contributed by atoms with Gasteiger partial charge in [-0.1, -0.05) is 37.5 Å². The van der Waals surface area contributed by atoms with E-state index < -0.39 is 5.41 Å². The Morgan fingerprint density at radius 1 is 1.21 bits per heavy atom. The normalized spacial score (nSPS) is 27.0. The molecule has 0 unspecified atom stereocenters. The van der Waals surface area contributed by atoms with E-state index in [1.165, 1.54) is 19.3 Å². The summed E-state index contributed by atoms with van der Waals surface area (Å²) in [5, 5.41) is 3.18. The maximum Gasteiger partial charge on any atom is 0.317 e. The summed E-state index contributed by atoms with van der Waals surface area (Å²) in [6.45, 7) is 1.14. The van der Waals surface area contributed by atoms with Crippen molar-refractivity contribution in [3.05, 3.63) is 29.8 Å². The van der Waals surface area contributed by atoms with Crippen LogP contribution in [0.1, 0.15) is 44.1 Å². The third kappa shape index (κ3) is 2.29. The summed E-state index contributed by atoms with van der Waals surface area (Å²) in [5.41, 5.74) is 1.51. The second-order valence-electron chi connectivity index (χ2n) is 7.42. The lowest BCUT2D eigenvalue weighted by Crippen LogP contribution is -2.47. The zero-order chi connectivity index (χ0) is 16.7. The molecule has 5 heteroatoms. The van der Waals surface area contributed by atoms with E-state index in [4.69, 9.17) is 0 Å². The highest BCUT2D eigenvalue weighted by Crippen LogP contribution is 2.46. The minimum atomic E-state index is -0.546. The van der Waals surface area contributed by atoms with Crippen LogP contribution in [0.4, 0.5) is 10.5 Å². The van der Waals surface area contributed by atoms with Gasteiger partial charge in [0.05, 0.1) is 5.41 Å². The quantitative estimate of drug-likeness (QED) is 0.862. The first-order valence-corrected chi connectivity index (χ1v) is 9.05. The van der Waals surface area contributed by atoms with Gasteiger partial charge in [-0.2, -0.15) is 0 Å². The lowest BCUT2D eigenvalue weighted by atomic mass is 9.81. The van der Waals surface area contributed by atoms with Gasteiger partial charge in [0.25, 0.3) is 0 Å². The van der Waals surface area contributed by atoms with E-state index in [0.717, 1.165) is 24.1 Å². The van der Waals surface area contributed by atoms with Gasteiger partial charge in [-0.3, -0.25) is 4.79 Å². The van der Waals surface area contributed by atoms with E-state index in [1.54, 1.807) is 4.90 Å². The first-order chi connectivity index (χ1) is 11.6. The van der Waals surface area contributed by atoms with Crippen molar-refractivity contribution in [3.8, 4) is 0 Å². The molecule has 2 aliphatic heterocycles. The number of nitrogens with zero attached hydrogens (tertiary/aromatic N) is 2. The molecule has 1 N–H and O–H groups in total. The van der Waals surface area contributed by atoms with Crippen molar-refractivity contribution in [1.82, 2.24) is 10.2 Å². The van der Waals surface area contributed by atoms with Crippen LogP contribution in [0.15, 0.2) is 24.3 Å². The number of nitrogens with one attached hydrogen (secondary N) is 1. The Labute approximate surface area is 143 Å². The standard InChI is InChI=1S/C19H25N3O2/c1-21-16-10-6-5-9-15(16)19(17(21)23)11-12-22(13-19)18(24)20-14-7-3-2-4-8-14/h5-6,9-10,14H,2-4,7-8,11-13H2,1H3,(H,20,24)/t19-/m1/s1. The summed E-state index contributed by atoms with van der Waals surface area (Å²) >= 11 is 0. The molecule has 0 aromatic heterocycles. The zero-order valence-corrected chi connectivity index (χ0v) is 14.3. The molecule has 24 heavy (non-hydrogen) atoms. The van der Waals surface area contributed by atoms with Gasteiger partial charge in [-0.15, -0.1) is 0 Å². The fourth-order valence-corrected chi connectivity index (χ4v) is 4.61. The van der Waals surface area contributed by atoms with Gasteiger partial charge < -0.3 is 15.1 Å². The van der Waals surface area contributed by atoms with Gasteiger partial charge in [-0.25, -0.2) is 4.79 Å². The topological polar surface area (TPSA) is 52.7 Å². The molecule has 1 aliphatic carbocycles. The van der Waals surface area contributed by atoms with Crippen LogP contribution >= 0.6 is 0 Å². The van der Waals surface area contributed by atoms with E-state index in [0.29, 0.717) is 25.6 Å². The molecule has 2 fully saturated rings. The first kappa shape index (κ1) is 15.5. The molecule has 1 aromatic carbocycles. The number of carbonyl (C=O) groups is 2. The van der Waals surface area contributed by atoms with Crippen LogP contribution in [0.3, 0.4) is 0 Å². The van der Waals surface area contributed by atoms with Crippen LogP contribution in [-0.4, -0.2) is 43.0 Å². The molecule has 1 aromatic rings. The molecule has 0 radical (unpaired) electrons. The van der Waals surface area contributed by atoms with Crippen LogP contribution in [0.5, 0.6) is 0 Å². The van der Waals surface area contributed by atoms with Gasteiger partial charge in [0.15, 0.2) is 0 Å². The Bertz CT molecular complexity index is 668. The molecule has 4 rings (SSSR count). The van der Waals surface area contributed by atoms with E-state index >= 15 is 0 Å². The predicted molar refractivity (Wildman–Crippen MR) is 93.1 cm³/mol. The van der Waals surface area contributed by atoms with Crippen molar-refractivity contribution in [2.45, 2.75) is 50.0 Å². The second kappa shape index (κ2) is 5.80. The number of carbonyl (C=O) groups excluding carboxylic acids is 2. The van der Waals surface area contributed by atoms with Gasteiger partial charge in [0.1, 0.15) is 0 Å². The summed E-state index contributed by atoms with van der Waals surface area (Å²) < 4.78 is 0. The molecule has 3 amide bonds. The number of likely N-dealkylation sites (tertiary alicyclic amines) is 1. The molecule has 128 valence electrons. The fourth-order valence-electron chi connectivity index (χ4n) is 4.61. The predicted octanol–water partition coefficient (Wildman–Crippen LogP) is 2.65. The number of anilines is 1. The minimum Gasteiger partial charge on any atom is -0.335 e. The average molecular weight is 327 g/mol. The van der Waals surface area contributed by atoms with E-state index in [9.17, 15) is 9.59 Å². The van der Waals surface area contributed by atoms with E-state index in [-0.39, 0.29) is 11.9 Å². The molecule has 0 bridgehead atoms. The van der Waals surface area contributed by atoms with Crippen molar-refractivity contribution in [3.63, 3.8) is 0 Å². The molecular formula is C19H25N3O2. The van der Waals surface area contributed by atoms with E-state index in [2.05, 4.69) is 5.32 Å². The fraction of sp³-hybridized carbons (Fsp3) is 0.579. The maximum absolute atomic E-state index is 12.9. The van der Waals surface area contributed by atoms with Crippen LogP contribution in [-0.2, 0) is 10.2 Å². The molecule has 1 spiro atoms. The van der Waals surface area contributed by atoms with Gasteiger partial charge in [0, 0.05) is 31.9 Å². The minimum absolute atomic E-state index is 0.00129. The Balaban J connectivity index is 1.51. The lowest BCUT2D eigenvalue weighted by Gasteiger charge is -2.27. The van der Waals surface area contributed by atoms with Crippen molar-refractivity contribution < 1.29 is 9.59 Å². The average Bonchev–Trinajstić information content (AvgIpc) is 3.15. The molecule has 1 atom stereocenters. The second-order valence-corrected chi connectivity index (χ2v) is 7.42. The highest BCUT2D eigenvalue weighted by Gasteiger charge is 2.54. The van der Waals surface area contributed by atoms with Crippen molar-refractivity contribution in [2.24, 2.45) is 0 Å². The Morgan fingerprint density at radius 3 is 2.75 bits per heavy atom. The number of rotatable bonds is 1. The SMILES string of the molecule is CN1C(=O)[C@@]2(CCN(C(=O)NC3CCCCC3)C2)c2ccccc21. The van der Waals surface area contributed by atoms with Crippen LogP contribution in [0.25, 0.3) is 0 Å². The number of amides is 3. The largest absolute Gasteiger partial charge is 0.335 e.